The minimum Gasteiger partial charge on any atom is -0.476 e. The van der Waals surface area contributed by atoms with Crippen molar-refractivity contribution < 1.29 is 4.74 Å². The first-order valence-electron chi connectivity index (χ1n) is 5.08. The van der Waals surface area contributed by atoms with Crippen molar-refractivity contribution in [3.05, 3.63) is 12.2 Å². The van der Waals surface area contributed by atoms with Crippen molar-refractivity contribution in [1.29, 1.82) is 0 Å². The summed E-state index contributed by atoms with van der Waals surface area (Å²) in [6.07, 6.45) is 1.77. The molecular formula is C10H14N4O. The Bertz CT molecular complexity index is 477. The molecule has 2 heterocycles. The molecular weight excluding hydrogens is 192 g/mol. The Morgan fingerprint density at radius 1 is 1.33 bits per heavy atom. The van der Waals surface area contributed by atoms with Crippen molar-refractivity contribution in [2.24, 2.45) is 0 Å². The normalized spacial score (nSPS) is 10.9. The van der Waals surface area contributed by atoms with Crippen LogP contribution in [0.3, 0.4) is 0 Å². The number of aromatic nitrogens is 4. The first-order valence-corrected chi connectivity index (χ1v) is 5.08. The number of imidazole rings is 1. The molecule has 2 aromatic heterocycles. The van der Waals surface area contributed by atoms with E-state index in [0.717, 1.165) is 17.7 Å². The lowest BCUT2D eigenvalue weighted by molar-refractivity contribution is 0.329. The average Bonchev–Trinajstić information content (AvgIpc) is 2.61. The van der Waals surface area contributed by atoms with Crippen molar-refractivity contribution in [3.8, 4) is 5.88 Å². The molecule has 0 fully saturated rings. The number of aryl methyl sites for hydroxylation is 2. The molecule has 0 bridgehead atoms. The third kappa shape index (κ3) is 1.65. The highest BCUT2D eigenvalue weighted by atomic mass is 16.5. The predicted octanol–water partition coefficient (Wildman–Crippen LogP) is 1.55. The molecule has 0 radical (unpaired) electrons. The van der Waals surface area contributed by atoms with E-state index in [1.807, 2.05) is 18.4 Å². The lowest BCUT2D eigenvalue weighted by atomic mass is 10.5. The smallest absolute Gasteiger partial charge is 0.245 e. The lowest BCUT2D eigenvalue weighted by Crippen LogP contribution is -2.01. The molecule has 0 aromatic carbocycles. The van der Waals surface area contributed by atoms with Crippen LogP contribution in [0.4, 0.5) is 0 Å². The van der Waals surface area contributed by atoms with Crippen molar-refractivity contribution >= 4 is 11.2 Å². The Morgan fingerprint density at radius 2 is 2.13 bits per heavy atom. The number of hydrogen-bond acceptors (Lipinski definition) is 4. The van der Waals surface area contributed by atoms with Gasteiger partial charge in [-0.25, -0.2) is 9.97 Å². The third-order valence-corrected chi connectivity index (χ3v) is 2.17. The second-order valence-corrected chi connectivity index (χ2v) is 3.21. The maximum atomic E-state index is 5.43. The second-order valence-electron chi connectivity index (χ2n) is 3.21. The minimum absolute atomic E-state index is 0.576. The first kappa shape index (κ1) is 9.89. The molecule has 0 atom stereocenters. The van der Waals surface area contributed by atoms with Crippen molar-refractivity contribution in [2.75, 3.05) is 6.61 Å². The number of nitrogens with zero attached hydrogens (tertiary/aromatic N) is 4. The van der Waals surface area contributed by atoms with Gasteiger partial charge >= 0.3 is 0 Å². The third-order valence-electron chi connectivity index (χ3n) is 2.17. The van der Waals surface area contributed by atoms with Crippen LogP contribution in [0.25, 0.3) is 11.2 Å². The van der Waals surface area contributed by atoms with Crippen LogP contribution in [-0.2, 0) is 6.54 Å². The molecule has 80 valence electrons. The largest absolute Gasteiger partial charge is 0.476 e. The van der Waals surface area contributed by atoms with E-state index in [1.165, 1.54) is 0 Å². The van der Waals surface area contributed by atoms with Gasteiger partial charge in [0.25, 0.3) is 0 Å². The molecule has 0 N–H and O–H groups in total. The van der Waals surface area contributed by atoms with Crippen molar-refractivity contribution in [2.45, 2.75) is 27.3 Å². The van der Waals surface area contributed by atoms with E-state index in [1.54, 1.807) is 6.33 Å². The van der Waals surface area contributed by atoms with E-state index >= 15 is 0 Å². The van der Waals surface area contributed by atoms with Crippen LogP contribution < -0.4 is 4.74 Å². The van der Waals surface area contributed by atoms with Gasteiger partial charge in [-0.3, -0.25) is 0 Å². The van der Waals surface area contributed by atoms with Gasteiger partial charge in [0.15, 0.2) is 11.2 Å². The van der Waals surface area contributed by atoms with E-state index in [0.29, 0.717) is 18.3 Å². The summed E-state index contributed by atoms with van der Waals surface area (Å²) in [5.74, 6) is 1.29. The number of ether oxygens (including phenoxy) is 1. The van der Waals surface area contributed by atoms with Gasteiger partial charge in [-0.15, -0.1) is 0 Å². The van der Waals surface area contributed by atoms with E-state index in [9.17, 15) is 0 Å². The van der Waals surface area contributed by atoms with Gasteiger partial charge in [0.1, 0.15) is 5.82 Å². The summed E-state index contributed by atoms with van der Waals surface area (Å²) >= 11 is 0. The molecule has 2 rings (SSSR count). The minimum atomic E-state index is 0.576. The molecule has 0 aliphatic rings. The number of fused-ring (bicyclic) bond motifs is 1. The standard InChI is InChI=1S/C10H14N4O/c1-4-14-6-11-8-9(14)12-7(3)13-10(8)15-5-2/h6H,4-5H2,1-3H3. The average molecular weight is 206 g/mol. The quantitative estimate of drug-likeness (QED) is 0.764. The van der Waals surface area contributed by atoms with Crippen LogP contribution in [0.15, 0.2) is 6.33 Å². The van der Waals surface area contributed by atoms with E-state index in [2.05, 4.69) is 21.9 Å². The summed E-state index contributed by atoms with van der Waals surface area (Å²) in [7, 11) is 0. The van der Waals surface area contributed by atoms with Crippen molar-refractivity contribution in [1.82, 2.24) is 19.5 Å². The SMILES string of the molecule is CCOc1nc(C)nc2c1ncn2CC. The Morgan fingerprint density at radius 3 is 2.80 bits per heavy atom. The maximum absolute atomic E-state index is 5.43. The van der Waals surface area contributed by atoms with E-state index < -0.39 is 0 Å². The molecule has 0 spiro atoms. The van der Waals surface area contributed by atoms with Crippen LogP contribution in [0.5, 0.6) is 5.88 Å². The highest BCUT2D eigenvalue weighted by Gasteiger charge is 2.11. The zero-order valence-electron chi connectivity index (χ0n) is 9.19. The van der Waals surface area contributed by atoms with Crippen LogP contribution in [-0.4, -0.2) is 26.1 Å². The molecule has 0 saturated heterocycles. The summed E-state index contributed by atoms with van der Waals surface area (Å²) < 4.78 is 7.41. The molecule has 5 nitrogen and oxygen atoms in total. The van der Waals surface area contributed by atoms with E-state index in [4.69, 9.17) is 4.74 Å². The summed E-state index contributed by atoms with van der Waals surface area (Å²) in [5, 5.41) is 0. The molecule has 0 aliphatic carbocycles. The Kier molecular flexibility index (Phi) is 2.53. The van der Waals surface area contributed by atoms with Gasteiger partial charge in [-0.1, -0.05) is 0 Å². The second kappa shape index (κ2) is 3.84. The fraction of sp³-hybridized carbons (Fsp3) is 0.500. The summed E-state index contributed by atoms with van der Waals surface area (Å²) in [5.41, 5.74) is 1.58. The molecule has 15 heavy (non-hydrogen) atoms. The van der Waals surface area contributed by atoms with Crippen molar-refractivity contribution in [3.63, 3.8) is 0 Å². The maximum Gasteiger partial charge on any atom is 0.245 e. The molecule has 2 aromatic rings. The fourth-order valence-electron chi connectivity index (χ4n) is 1.49. The van der Waals surface area contributed by atoms with Gasteiger partial charge in [0.2, 0.25) is 5.88 Å². The van der Waals surface area contributed by atoms with Gasteiger partial charge in [0, 0.05) is 6.54 Å². The lowest BCUT2D eigenvalue weighted by Gasteiger charge is -2.04. The number of rotatable bonds is 3. The van der Waals surface area contributed by atoms with Gasteiger partial charge in [-0.2, -0.15) is 4.98 Å². The highest BCUT2D eigenvalue weighted by molar-refractivity contribution is 5.76. The molecule has 0 unspecified atom stereocenters. The van der Waals surface area contributed by atoms with Gasteiger partial charge < -0.3 is 9.30 Å². The Labute approximate surface area is 88.1 Å². The summed E-state index contributed by atoms with van der Waals surface area (Å²) in [6, 6.07) is 0. The fourth-order valence-corrected chi connectivity index (χ4v) is 1.49. The molecule has 0 aliphatic heterocycles. The molecule has 5 heteroatoms. The first-order chi connectivity index (χ1) is 7.26. The monoisotopic (exact) mass is 206 g/mol. The Hall–Kier alpha value is -1.65. The highest BCUT2D eigenvalue weighted by Crippen LogP contribution is 2.20. The molecule has 0 amide bonds. The van der Waals surface area contributed by atoms with Crippen LogP contribution in [0, 0.1) is 6.92 Å². The Balaban J connectivity index is 2.65. The summed E-state index contributed by atoms with van der Waals surface area (Å²) in [6.45, 7) is 7.27. The topological polar surface area (TPSA) is 52.8 Å². The van der Waals surface area contributed by atoms with Gasteiger partial charge in [-0.05, 0) is 20.8 Å². The zero-order valence-corrected chi connectivity index (χ0v) is 9.19. The summed E-state index contributed by atoms with van der Waals surface area (Å²) in [4.78, 5) is 12.9. The molecule has 0 saturated carbocycles. The van der Waals surface area contributed by atoms with Crippen LogP contribution in [0.2, 0.25) is 0 Å². The zero-order chi connectivity index (χ0) is 10.8. The van der Waals surface area contributed by atoms with Crippen LogP contribution >= 0.6 is 0 Å². The van der Waals surface area contributed by atoms with E-state index in [-0.39, 0.29) is 0 Å². The predicted molar refractivity (Wildman–Crippen MR) is 56.9 cm³/mol. The van der Waals surface area contributed by atoms with Crippen LogP contribution in [0.1, 0.15) is 19.7 Å². The van der Waals surface area contributed by atoms with Gasteiger partial charge in [0.05, 0.1) is 12.9 Å². The number of hydrogen-bond donors (Lipinski definition) is 0.